The van der Waals surface area contributed by atoms with Gasteiger partial charge < -0.3 is 0 Å². The number of hydrogen-bond acceptors (Lipinski definition) is 2. The number of carbonyl (C=O) groups excluding carboxylic acids is 1. The summed E-state index contributed by atoms with van der Waals surface area (Å²) < 4.78 is 8.17. The second kappa shape index (κ2) is 10.3. The quantitative estimate of drug-likeness (QED) is 0.325. The number of hydrogen-bond donors (Lipinski definition) is 0. The van der Waals surface area contributed by atoms with Gasteiger partial charge in [-0.15, -0.1) is 0 Å². The standard InChI is InChI=1S/3C4H9.CNO.Sn/c3*1-3-4-2;2-1-3;/h3*1,3-4H2,2H3;;/q;;;-1;+1. The van der Waals surface area contributed by atoms with E-state index in [9.17, 15) is 4.79 Å². The number of nitrogens with zero attached hydrogens (tertiary/aromatic N) is 1. The topological polar surface area (TPSA) is 29.4 Å². The van der Waals surface area contributed by atoms with Crippen LogP contribution in [0.25, 0.3) is 0 Å². The summed E-state index contributed by atoms with van der Waals surface area (Å²) in [6, 6.07) is 0. The van der Waals surface area contributed by atoms with E-state index in [1.54, 1.807) is 0 Å². The van der Waals surface area contributed by atoms with Gasteiger partial charge in [0.1, 0.15) is 0 Å². The molecule has 16 heavy (non-hydrogen) atoms. The number of unbranched alkanes of at least 4 members (excludes halogenated alkanes) is 3. The van der Waals surface area contributed by atoms with Crippen LogP contribution < -0.4 is 0 Å². The molecule has 0 radical (unpaired) electrons. The van der Waals surface area contributed by atoms with Crippen molar-refractivity contribution in [3.8, 4) is 0 Å². The van der Waals surface area contributed by atoms with E-state index >= 15 is 0 Å². The molecule has 0 atom stereocenters. The van der Waals surface area contributed by atoms with E-state index in [1.807, 2.05) is 6.08 Å². The van der Waals surface area contributed by atoms with Crippen LogP contribution >= 0.6 is 0 Å². The average Bonchev–Trinajstić information content (AvgIpc) is 2.31. The van der Waals surface area contributed by atoms with Crippen molar-refractivity contribution in [3.05, 3.63) is 0 Å². The molecule has 0 aromatic carbocycles. The van der Waals surface area contributed by atoms with Gasteiger partial charge in [0.2, 0.25) is 0 Å². The summed E-state index contributed by atoms with van der Waals surface area (Å²) in [7, 11) is 0. The molecule has 0 aliphatic carbocycles. The van der Waals surface area contributed by atoms with Crippen molar-refractivity contribution in [2.24, 2.45) is 3.21 Å². The molecule has 0 aromatic heterocycles. The molecule has 0 aliphatic heterocycles. The summed E-state index contributed by atoms with van der Waals surface area (Å²) in [5, 5.41) is 0. The summed E-state index contributed by atoms with van der Waals surface area (Å²) in [5.41, 5.74) is 0. The van der Waals surface area contributed by atoms with Gasteiger partial charge in [0.15, 0.2) is 0 Å². The van der Waals surface area contributed by atoms with Crippen molar-refractivity contribution in [2.45, 2.75) is 72.6 Å². The van der Waals surface area contributed by atoms with E-state index in [-0.39, 0.29) is 0 Å². The third-order valence-electron chi connectivity index (χ3n) is 3.27. The monoisotopic (exact) mass is 333 g/mol. The molecular weight excluding hydrogens is 305 g/mol. The Morgan fingerprint density at radius 1 is 0.875 bits per heavy atom. The van der Waals surface area contributed by atoms with Crippen LogP contribution in [-0.2, 0) is 4.79 Å². The zero-order valence-electron chi connectivity index (χ0n) is 11.2. The maximum atomic E-state index is 10.7. The van der Waals surface area contributed by atoms with Crippen molar-refractivity contribution in [2.75, 3.05) is 0 Å². The van der Waals surface area contributed by atoms with E-state index in [1.165, 1.54) is 51.8 Å². The van der Waals surface area contributed by atoms with Gasteiger partial charge in [-0.05, 0) is 0 Å². The Morgan fingerprint density at radius 2 is 1.25 bits per heavy atom. The van der Waals surface area contributed by atoms with E-state index < -0.39 is 18.7 Å². The van der Waals surface area contributed by atoms with Crippen molar-refractivity contribution >= 4 is 24.7 Å². The zero-order chi connectivity index (χ0) is 12.3. The van der Waals surface area contributed by atoms with Gasteiger partial charge in [0, 0.05) is 0 Å². The second-order valence-electron chi connectivity index (χ2n) is 4.74. The Labute approximate surface area is 105 Å². The first-order valence-electron chi connectivity index (χ1n) is 6.83. The average molecular weight is 332 g/mol. The molecule has 3 heteroatoms. The summed E-state index contributed by atoms with van der Waals surface area (Å²) in [5.74, 6) is 0. The molecule has 0 aromatic rings. The molecular formula is C13H27NOSn. The molecule has 0 fully saturated rings. The third-order valence-corrected chi connectivity index (χ3v) is 15.9. The molecule has 0 N–H and O–H groups in total. The molecule has 0 bridgehead atoms. The Morgan fingerprint density at radius 3 is 1.50 bits per heavy atom. The molecule has 0 heterocycles. The summed E-state index contributed by atoms with van der Waals surface area (Å²) in [6.07, 6.45) is 9.36. The number of rotatable bonds is 10. The molecule has 94 valence electrons. The first kappa shape index (κ1) is 16.2. The first-order valence-corrected chi connectivity index (χ1v) is 14.2. The maximum absolute atomic E-state index is 10.7. The van der Waals surface area contributed by atoms with Crippen molar-refractivity contribution in [1.29, 1.82) is 0 Å². The molecule has 0 aliphatic rings. The van der Waals surface area contributed by atoms with Gasteiger partial charge >= 0.3 is 105 Å². The first-order chi connectivity index (χ1) is 7.74. The van der Waals surface area contributed by atoms with Gasteiger partial charge in [-0.3, -0.25) is 0 Å². The van der Waals surface area contributed by atoms with E-state index in [0.717, 1.165) is 0 Å². The summed E-state index contributed by atoms with van der Waals surface area (Å²) in [4.78, 5) is 10.7. The van der Waals surface area contributed by atoms with Crippen LogP contribution in [0.4, 0.5) is 0 Å². The van der Waals surface area contributed by atoms with Crippen LogP contribution in [0.15, 0.2) is 3.21 Å². The molecule has 0 amide bonds. The minimum absolute atomic E-state index is 1.23. The summed E-state index contributed by atoms with van der Waals surface area (Å²) >= 11 is -2.46. The van der Waals surface area contributed by atoms with Crippen molar-refractivity contribution < 1.29 is 4.79 Å². The van der Waals surface area contributed by atoms with Crippen molar-refractivity contribution in [3.63, 3.8) is 0 Å². The predicted molar refractivity (Wildman–Crippen MR) is 73.0 cm³/mol. The number of isocyanates is 1. The SMILES string of the molecule is CCC[CH2][Sn]([CH2]CCC)([CH2]CCC)[N]=C=O. The van der Waals surface area contributed by atoms with Crippen LogP contribution in [0.3, 0.4) is 0 Å². The third kappa shape index (κ3) is 6.69. The molecule has 0 rings (SSSR count). The van der Waals surface area contributed by atoms with Gasteiger partial charge in [-0.2, -0.15) is 0 Å². The minimum atomic E-state index is -2.46. The fraction of sp³-hybridized carbons (Fsp3) is 0.923. The fourth-order valence-electron chi connectivity index (χ4n) is 2.16. The molecule has 0 saturated heterocycles. The van der Waals surface area contributed by atoms with Gasteiger partial charge in [-0.1, -0.05) is 0 Å². The summed E-state index contributed by atoms with van der Waals surface area (Å²) in [6.45, 7) is 6.67. The molecule has 0 saturated carbocycles. The molecule has 0 spiro atoms. The van der Waals surface area contributed by atoms with Crippen LogP contribution in [0.1, 0.15) is 59.3 Å². The van der Waals surface area contributed by atoms with Crippen LogP contribution in [-0.4, -0.2) is 24.7 Å². The van der Waals surface area contributed by atoms with Crippen LogP contribution in [0, 0.1) is 0 Å². The Kier molecular flexibility index (Phi) is 10.5. The van der Waals surface area contributed by atoms with Crippen LogP contribution in [0.2, 0.25) is 13.3 Å². The van der Waals surface area contributed by atoms with Crippen LogP contribution in [0.5, 0.6) is 0 Å². The Bertz CT molecular complexity index is 190. The van der Waals surface area contributed by atoms with Gasteiger partial charge in [-0.25, -0.2) is 0 Å². The Hall–Kier alpha value is 0.179. The van der Waals surface area contributed by atoms with E-state index in [4.69, 9.17) is 0 Å². The Balaban J connectivity index is 4.51. The fourth-order valence-corrected chi connectivity index (χ4v) is 14.5. The predicted octanol–water partition coefficient (Wildman–Crippen LogP) is 4.67. The zero-order valence-corrected chi connectivity index (χ0v) is 14.1. The molecule has 0 unspecified atom stereocenters. The van der Waals surface area contributed by atoms with Gasteiger partial charge in [0.25, 0.3) is 0 Å². The normalized spacial score (nSPS) is 11.2. The van der Waals surface area contributed by atoms with Crippen molar-refractivity contribution in [1.82, 2.24) is 0 Å². The van der Waals surface area contributed by atoms with E-state index in [0.29, 0.717) is 0 Å². The van der Waals surface area contributed by atoms with Gasteiger partial charge in [0.05, 0.1) is 0 Å². The second-order valence-corrected chi connectivity index (χ2v) is 16.6. The van der Waals surface area contributed by atoms with E-state index in [2.05, 4.69) is 24.0 Å². The molecule has 2 nitrogen and oxygen atoms in total.